The number of nitrogens with one attached hydrogen (secondary N) is 2. The number of carbonyl (C=O) groups excluding carboxylic acids is 1. The van der Waals surface area contributed by atoms with Crippen LogP contribution in [-0.2, 0) is 21.4 Å². The van der Waals surface area contributed by atoms with Crippen molar-refractivity contribution in [2.45, 2.75) is 26.3 Å². The largest absolute Gasteiger partial charge is 0.358 e. The first-order valence-corrected chi connectivity index (χ1v) is 10.00. The predicted octanol–water partition coefficient (Wildman–Crippen LogP) is 1.76. The summed E-state index contributed by atoms with van der Waals surface area (Å²) in [7, 11) is -3.16. The molecule has 7 heteroatoms. The van der Waals surface area contributed by atoms with E-state index in [4.69, 9.17) is 0 Å². The van der Waals surface area contributed by atoms with Crippen LogP contribution in [-0.4, -0.2) is 43.0 Å². The highest BCUT2D eigenvalue weighted by Crippen LogP contribution is 2.23. The Kier molecular flexibility index (Phi) is 4.64. The fraction of sp³-hybridized carbons (Fsp3) is 0.471. The van der Waals surface area contributed by atoms with Crippen LogP contribution in [0.2, 0.25) is 0 Å². The zero-order valence-electron chi connectivity index (χ0n) is 14.0. The summed E-state index contributed by atoms with van der Waals surface area (Å²) in [4.78, 5) is 15.7. The van der Waals surface area contributed by atoms with Gasteiger partial charge in [0.1, 0.15) is 0 Å². The molecule has 130 valence electrons. The summed E-state index contributed by atoms with van der Waals surface area (Å²) in [5.41, 5.74) is 3.23. The molecule has 1 amide bonds. The Morgan fingerprint density at radius 1 is 1.29 bits per heavy atom. The number of aryl methyl sites for hydroxylation is 1. The van der Waals surface area contributed by atoms with Crippen LogP contribution in [0.1, 0.15) is 24.1 Å². The molecule has 0 bridgehead atoms. The standard InChI is InChI=1S/C17H23N3O3S/c1-12-15(14-5-3-4-6-16(14)19-12)11-18-17(21)13-7-9-20(10-8-13)24(2,22)23/h3-6,13,19H,7-11H2,1-2H3,(H,18,21). The highest BCUT2D eigenvalue weighted by Gasteiger charge is 2.28. The van der Waals surface area contributed by atoms with Crippen molar-refractivity contribution >= 4 is 26.8 Å². The second-order valence-corrected chi connectivity index (χ2v) is 8.41. The van der Waals surface area contributed by atoms with Crippen molar-refractivity contribution < 1.29 is 13.2 Å². The minimum atomic E-state index is -3.16. The van der Waals surface area contributed by atoms with Crippen molar-refractivity contribution in [2.75, 3.05) is 19.3 Å². The van der Waals surface area contributed by atoms with Gasteiger partial charge in [0.2, 0.25) is 15.9 Å². The Bertz CT molecular complexity index is 849. The van der Waals surface area contributed by atoms with Gasteiger partial charge in [-0.3, -0.25) is 4.79 Å². The molecule has 0 unspecified atom stereocenters. The van der Waals surface area contributed by atoms with Gasteiger partial charge in [-0.25, -0.2) is 12.7 Å². The highest BCUT2D eigenvalue weighted by molar-refractivity contribution is 7.88. The molecule has 1 aliphatic rings. The molecule has 1 saturated heterocycles. The molecule has 0 saturated carbocycles. The number of carbonyl (C=O) groups is 1. The number of aromatic amines is 1. The highest BCUT2D eigenvalue weighted by atomic mass is 32.2. The first-order valence-electron chi connectivity index (χ1n) is 8.15. The molecule has 1 fully saturated rings. The Morgan fingerprint density at radius 2 is 1.96 bits per heavy atom. The topological polar surface area (TPSA) is 82.3 Å². The van der Waals surface area contributed by atoms with E-state index in [0.717, 1.165) is 22.2 Å². The number of para-hydroxylation sites is 1. The van der Waals surface area contributed by atoms with Crippen LogP contribution in [0.15, 0.2) is 24.3 Å². The second kappa shape index (κ2) is 6.57. The average Bonchev–Trinajstić information content (AvgIpc) is 2.87. The number of fused-ring (bicyclic) bond motifs is 1. The maximum Gasteiger partial charge on any atom is 0.223 e. The third-order valence-electron chi connectivity index (χ3n) is 4.76. The van der Waals surface area contributed by atoms with E-state index in [2.05, 4.69) is 10.3 Å². The Balaban J connectivity index is 1.61. The number of hydrogen-bond acceptors (Lipinski definition) is 3. The van der Waals surface area contributed by atoms with Gasteiger partial charge in [-0.1, -0.05) is 18.2 Å². The molecule has 2 aromatic rings. The molecule has 0 spiro atoms. The summed E-state index contributed by atoms with van der Waals surface area (Å²) < 4.78 is 24.5. The number of benzene rings is 1. The summed E-state index contributed by atoms with van der Waals surface area (Å²) >= 11 is 0. The first-order chi connectivity index (χ1) is 11.4. The van der Waals surface area contributed by atoms with Gasteiger partial charge in [-0.15, -0.1) is 0 Å². The van der Waals surface area contributed by atoms with Crippen molar-refractivity contribution in [1.82, 2.24) is 14.6 Å². The molecule has 24 heavy (non-hydrogen) atoms. The van der Waals surface area contributed by atoms with Crippen LogP contribution < -0.4 is 5.32 Å². The third kappa shape index (κ3) is 3.47. The zero-order chi connectivity index (χ0) is 17.3. The Morgan fingerprint density at radius 3 is 2.62 bits per heavy atom. The van der Waals surface area contributed by atoms with Crippen LogP contribution in [0.25, 0.3) is 10.9 Å². The van der Waals surface area contributed by atoms with Crippen molar-refractivity contribution in [3.8, 4) is 0 Å². The van der Waals surface area contributed by atoms with Crippen LogP contribution in [0, 0.1) is 12.8 Å². The van der Waals surface area contributed by atoms with Gasteiger partial charge in [-0.2, -0.15) is 0 Å². The SMILES string of the molecule is Cc1[nH]c2ccccc2c1CNC(=O)C1CCN(S(C)(=O)=O)CC1. The summed E-state index contributed by atoms with van der Waals surface area (Å²) in [6, 6.07) is 8.04. The number of hydrogen-bond donors (Lipinski definition) is 2. The fourth-order valence-corrected chi connectivity index (χ4v) is 4.21. The number of piperidine rings is 1. The number of nitrogens with zero attached hydrogens (tertiary/aromatic N) is 1. The van der Waals surface area contributed by atoms with Crippen molar-refractivity contribution in [1.29, 1.82) is 0 Å². The molecule has 0 radical (unpaired) electrons. The number of sulfonamides is 1. The zero-order valence-corrected chi connectivity index (χ0v) is 14.8. The van der Waals surface area contributed by atoms with Crippen molar-refractivity contribution in [3.05, 3.63) is 35.5 Å². The van der Waals surface area contributed by atoms with Gasteiger partial charge in [-0.05, 0) is 31.4 Å². The number of H-pyrrole nitrogens is 1. The summed E-state index contributed by atoms with van der Waals surface area (Å²) in [6.45, 7) is 3.33. The lowest BCUT2D eigenvalue weighted by molar-refractivity contribution is -0.126. The van der Waals surface area contributed by atoms with E-state index >= 15 is 0 Å². The molecule has 6 nitrogen and oxygen atoms in total. The molecule has 0 aliphatic carbocycles. The van der Waals surface area contributed by atoms with Gasteiger partial charge < -0.3 is 10.3 Å². The van der Waals surface area contributed by atoms with Gasteiger partial charge in [0, 0.05) is 42.1 Å². The number of rotatable bonds is 4. The molecule has 1 aliphatic heterocycles. The Labute approximate surface area is 142 Å². The summed E-state index contributed by atoms with van der Waals surface area (Å²) in [6.07, 6.45) is 2.37. The van der Waals surface area contributed by atoms with E-state index in [-0.39, 0.29) is 11.8 Å². The second-order valence-electron chi connectivity index (χ2n) is 6.43. The summed E-state index contributed by atoms with van der Waals surface area (Å²) in [5.74, 6) is -0.110. The quantitative estimate of drug-likeness (QED) is 0.882. The molecule has 1 aromatic heterocycles. The maximum atomic E-state index is 12.4. The summed E-state index contributed by atoms with van der Waals surface area (Å²) in [5, 5.41) is 4.14. The van der Waals surface area contributed by atoms with E-state index in [1.54, 1.807) is 0 Å². The van der Waals surface area contributed by atoms with Crippen LogP contribution in [0.3, 0.4) is 0 Å². The molecule has 3 rings (SSSR count). The van der Waals surface area contributed by atoms with Gasteiger partial charge in [0.25, 0.3) is 0 Å². The molecule has 2 N–H and O–H groups in total. The Hall–Kier alpha value is -1.86. The van der Waals surface area contributed by atoms with E-state index in [0.29, 0.717) is 32.5 Å². The normalized spacial score (nSPS) is 17.2. The van der Waals surface area contributed by atoms with Crippen molar-refractivity contribution in [3.63, 3.8) is 0 Å². The molecular formula is C17H23N3O3S. The van der Waals surface area contributed by atoms with E-state index in [9.17, 15) is 13.2 Å². The maximum absolute atomic E-state index is 12.4. The smallest absolute Gasteiger partial charge is 0.223 e. The molecule has 0 atom stereocenters. The van der Waals surface area contributed by atoms with Gasteiger partial charge in [0.15, 0.2) is 0 Å². The predicted molar refractivity (Wildman–Crippen MR) is 94.0 cm³/mol. The minimum Gasteiger partial charge on any atom is -0.358 e. The van der Waals surface area contributed by atoms with Crippen LogP contribution >= 0.6 is 0 Å². The lowest BCUT2D eigenvalue weighted by Crippen LogP contribution is -2.42. The molecular weight excluding hydrogens is 326 g/mol. The number of aromatic nitrogens is 1. The molecule has 1 aromatic carbocycles. The minimum absolute atomic E-state index is 0.00725. The first kappa shape index (κ1) is 17.0. The fourth-order valence-electron chi connectivity index (χ4n) is 3.33. The average molecular weight is 349 g/mol. The lowest BCUT2D eigenvalue weighted by atomic mass is 9.97. The van der Waals surface area contributed by atoms with Gasteiger partial charge >= 0.3 is 0 Å². The lowest BCUT2D eigenvalue weighted by Gasteiger charge is -2.29. The van der Waals surface area contributed by atoms with Crippen LogP contribution in [0.4, 0.5) is 0 Å². The third-order valence-corrected chi connectivity index (χ3v) is 6.06. The van der Waals surface area contributed by atoms with E-state index in [1.165, 1.54) is 10.6 Å². The van der Waals surface area contributed by atoms with E-state index < -0.39 is 10.0 Å². The monoisotopic (exact) mass is 349 g/mol. The number of amides is 1. The van der Waals surface area contributed by atoms with Gasteiger partial charge in [0.05, 0.1) is 6.26 Å². The van der Waals surface area contributed by atoms with Crippen LogP contribution in [0.5, 0.6) is 0 Å². The molecule has 2 heterocycles. The van der Waals surface area contributed by atoms with Crippen molar-refractivity contribution in [2.24, 2.45) is 5.92 Å². The van der Waals surface area contributed by atoms with E-state index in [1.807, 2.05) is 31.2 Å².